The number of para-hydroxylation sites is 1. The smallest absolute Gasteiger partial charge is 0.373 e. The molecule has 1 aromatic carbocycles. The van der Waals surface area contributed by atoms with Crippen LogP contribution in [0.25, 0.3) is 0 Å². The summed E-state index contributed by atoms with van der Waals surface area (Å²) < 4.78 is 40.5. The van der Waals surface area contributed by atoms with Gasteiger partial charge in [-0.15, -0.1) is 0 Å². The number of benzene rings is 1. The van der Waals surface area contributed by atoms with E-state index in [-0.39, 0.29) is 30.3 Å². The van der Waals surface area contributed by atoms with Crippen LogP contribution >= 0.6 is 0 Å². The predicted octanol–water partition coefficient (Wildman–Crippen LogP) is 4.72. The Kier molecular flexibility index (Phi) is 11.5. The van der Waals surface area contributed by atoms with Gasteiger partial charge in [0.15, 0.2) is 0 Å². The Bertz CT molecular complexity index is 1380. The zero-order valence-corrected chi connectivity index (χ0v) is 26.4. The molecule has 0 saturated carbocycles. The number of rotatable bonds is 13. The number of pyridine rings is 1. The molecular weight excluding hydrogens is 573 g/mol. The van der Waals surface area contributed by atoms with E-state index in [2.05, 4.69) is 21.8 Å². The maximum absolute atomic E-state index is 13.8. The topological polar surface area (TPSA) is 89.1 Å². The van der Waals surface area contributed by atoms with Crippen molar-refractivity contribution in [2.75, 3.05) is 62.5 Å². The van der Waals surface area contributed by atoms with Gasteiger partial charge >= 0.3 is 6.18 Å². The summed E-state index contributed by atoms with van der Waals surface area (Å²) in [5.74, 6) is -1.16. The molecule has 2 heterocycles. The van der Waals surface area contributed by atoms with Crippen molar-refractivity contribution >= 4 is 34.9 Å². The zero-order chi connectivity index (χ0) is 32.8. The van der Waals surface area contributed by atoms with Crippen LogP contribution in [-0.2, 0) is 20.6 Å². The quantitative estimate of drug-likeness (QED) is 0.259. The average Bonchev–Trinajstić information content (AvgIpc) is 3.33. The molecule has 12 heteroatoms. The SMILES string of the molecule is C=C(CN(C)C)C(=O)NCCCCCN(C)c1c(C)cccc1N(C)C(=O)C1CCC(=O)N1c1cc(C(F)(F)F)cc(C)n1. The number of carbonyl (C=O) groups is 3. The molecule has 3 amide bonds. The Morgan fingerprint density at radius 1 is 1.09 bits per heavy atom. The average molecular weight is 617 g/mol. The number of nitrogens with one attached hydrogen (secondary N) is 1. The van der Waals surface area contributed by atoms with E-state index >= 15 is 0 Å². The molecule has 1 N–H and O–H groups in total. The highest BCUT2D eigenvalue weighted by Crippen LogP contribution is 2.36. The summed E-state index contributed by atoms with van der Waals surface area (Å²) in [4.78, 5) is 49.6. The number of aromatic nitrogens is 1. The van der Waals surface area contributed by atoms with Crippen LogP contribution in [-0.4, -0.2) is 81.5 Å². The number of amides is 3. The summed E-state index contributed by atoms with van der Waals surface area (Å²) in [6.45, 7) is 8.95. The van der Waals surface area contributed by atoms with Gasteiger partial charge in [0.1, 0.15) is 11.9 Å². The molecule has 0 bridgehead atoms. The first kappa shape index (κ1) is 34.6. The number of halogens is 3. The van der Waals surface area contributed by atoms with Crippen molar-refractivity contribution in [2.24, 2.45) is 0 Å². The van der Waals surface area contributed by atoms with E-state index < -0.39 is 29.6 Å². The van der Waals surface area contributed by atoms with Gasteiger partial charge in [-0.25, -0.2) is 4.98 Å². The maximum Gasteiger partial charge on any atom is 0.416 e. The van der Waals surface area contributed by atoms with Gasteiger partial charge in [-0.1, -0.05) is 18.7 Å². The minimum atomic E-state index is -4.61. The summed E-state index contributed by atoms with van der Waals surface area (Å²) >= 11 is 0. The van der Waals surface area contributed by atoms with Gasteiger partial charge in [0.2, 0.25) is 17.7 Å². The van der Waals surface area contributed by atoms with Crippen LogP contribution in [0.3, 0.4) is 0 Å². The fraction of sp³-hybridized carbons (Fsp3) is 0.500. The van der Waals surface area contributed by atoms with E-state index in [0.29, 0.717) is 30.9 Å². The minimum absolute atomic E-state index is 0.0337. The molecule has 1 aliphatic rings. The number of carbonyl (C=O) groups excluding carboxylic acids is 3. The molecule has 240 valence electrons. The summed E-state index contributed by atoms with van der Waals surface area (Å²) in [7, 11) is 7.32. The fourth-order valence-electron chi connectivity index (χ4n) is 5.44. The number of hydrogen-bond donors (Lipinski definition) is 1. The molecule has 1 saturated heterocycles. The Hall–Kier alpha value is -3.93. The summed E-state index contributed by atoms with van der Waals surface area (Å²) in [6, 6.07) is 6.37. The van der Waals surface area contributed by atoms with Crippen molar-refractivity contribution in [3.05, 3.63) is 59.3 Å². The third kappa shape index (κ3) is 8.58. The van der Waals surface area contributed by atoms with Gasteiger partial charge in [0, 0.05) is 51.4 Å². The third-order valence-electron chi connectivity index (χ3n) is 7.59. The molecule has 1 aromatic heterocycles. The van der Waals surface area contributed by atoms with E-state index in [0.717, 1.165) is 47.5 Å². The number of alkyl halides is 3. The molecule has 1 fully saturated rings. The lowest BCUT2D eigenvalue weighted by molar-refractivity contribution is -0.137. The molecule has 3 rings (SSSR count). The van der Waals surface area contributed by atoms with Crippen molar-refractivity contribution in [1.29, 1.82) is 0 Å². The maximum atomic E-state index is 13.8. The van der Waals surface area contributed by atoms with Crippen LogP contribution in [0.15, 0.2) is 42.5 Å². The number of nitrogens with zero attached hydrogens (tertiary/aromatic N) is 5. The first-order valence-electron chi connectivity index (χ1n) is 14.7. The predicted molar refractivity (Wildman–Crippen MR) is 167 cm³/mol. The van der Waals surface area contributed by atoms with Crippen LogP contribution in [0.2, 0.25) is 0 Å². The highest BCUT2D eigenvalue weighted by molar-refractivity contribution is 6.09. The highest BCUT2D eigenvalue weighted by Gasteiger charge is 2.41. The lowest BCUT2D eigenvalue weighted by atomic mass is 10.1. The molecule has 1 aliphatic heterocycles. The third-order valence-corrected chi connectivity index (χ3v) is 7.59. The van der Waals surface area contributed by atoms with Crippen molar-refractivity contribution in [3.63, 3.8) is 0 Å². The summed E-state index contributed by atoms with van der Waals surface area (Å²) in [6.07, 6.45) is -1.87. The highest BCUT2D eigenvalue weighted by atomic mass is 19.4. The van der Waals surface area contributed by atoms with Crippen molar-refractivity contribution in [3.8, 4) is 0 Å². The normalized spacial score (nSPS) is 15.1. The lowest BCUT2D eigenvalue weighted by Gasteiger charge is -2.32. The Morgan fingerprint density at radius 3 is 2.45 bits per heavy atom. The fourth-order valence-corrected chi connectivity index (χ4v) is 5.44. The van der Waals surface area contributed by atoms with Crippen LogP contribution in [0.5, 0.6) is 0 Å². The first-order valence-corrected chi connectivity index (χ1v) is 14.7. The first-order chi connectivity index (χ1) is 20.6. The Morgan fingerprint density at radius 2 is 1.80 bits per heavy atom. The molecule has 2 aromatic rings. The monoisotopic (exact) mass is 616 g/mol. The Labute approximate surface area is 257 Å². The van der Waals surface area contributed by atoms with E-state index in [1.807, 2.05) is 51.2 Å². The van der Waals surface area contributed by atoms with E-state index in [4.69, 9.17) is 0 Å². The van der Waals surface area contributed by atoms with Gasteiger partial charge < -0.3 is 20.0 Å². The van der Waals surface area contributed by atoms with Crippen molar-refractivity contribution in [2.45, 2.75) is 58.2 Å². The van der Waals surface area contributed by atoms with Gasteiger partial charge in [0.25, 0.3) is 0 Å². The summed E-state index contributed by atoms with van der Waals surface area (Å²) in [5.41, 5.74) is 2.14. The number of hydrogen-bond acceptors (Lipinski definition) is 6. The number of aryl methyl sites for hydroxylation is 2. The van der Waals surface area contributed by atoms with Crippen LogP contribution < -0.4 is 20.0 Å². The molecule has 0 aliphatic carbocycles. The van der Waals surface area contributed by atoms with E-state index in [1.54, 1.807) is 7.05 Å². The number of anilines is 3. The second-order valence-electron chi connectivity index (χ2n) is 11.6. The number of unbranched alkanes of at least 4 members (excludes halogenated alkanes) is 2. The molecule has 44 heavy (non-hydrogen) atoms. The standard InChI is InChI=1S/C32H43F3N6O3/c1-21-12-11-13-25(29(21)39(6)17-10-8-9-16-36-30(43)22(2)20-38(4)5)40(7)31(44)26-14-15-28(42)41(26)27-19-24(32(33,34)35)18-23(3)37-27/h11-13,18-19,26H,2,8-10,14-17,20H2,1,3-7H3,(H,36,43). The molecular formula is C32H43F3N6O3. The Balaban J connectivity index is 1.69. The zero-order valence-electron chi connectivity index (χ0n) is 26.4. The second kappa shape index (κ2) is 14.7. The summed E-state index contributed by atoms with van der Waals surface area (Å²) in [5, 5.41) is 2.90. The molecule has 0 spiro atoms. The molecule has 0 radical (unpaired) electrons. The molecule has 1 atom stereocenters. The largest absolute Gasteiger partial charge is 0.416 e. The van der Waals surface area contributed by atoms with E-state index in [1.165, 1.54) is 11.8 Å². The van der Waals surface area contributed by atoms with Gasteiger partial charge in [0.05, 0.1) is 16.9 Å². The van der Waals surface area contributed by atoms with Crippen LogP contribution in [0, 0.1) is 13.8 Å². The van der Waals surface area contributed by atoms with Gasteiger partial charge in [-0.05, 0) is 77.4 Å². The van der Waals surface area contributed by atoms with Gasteiger partial charge in [-0.3, -0.25) is 19.3 Å². The second-order valence-corrected chi connectivity index (χ2v) is 11.6. The number of likely N-dealkylation sites (N-methyl/N-ethyl adjacent to an activating group) is 2. The van der Waals surface area contributed by atoms with Crippen molar-refractivity contribution < 1.29 is 27.6 Å². The van der Waals surface area contributed by atoms with Gasteiger partial charge in [-0.2, -0.15) is 13.2 Å². The van der Waals surface area contributed by atoms with Crippen LogP contribution in [0.4, 0.5) is 30.4 Å². The van der Waals surface area contributed by atoms with Crippen LogP contribution in [0.1, 0.15) is 48.9 Å². The van der Waals surface area contributed by atoms with E-state index in [9.17, 15) is 27.6 Å². The molecule has 9 nitrogen and oxygen atoms in total. The minimum Gasteiger partial charge on any atom is -0.373 e. The lowest BCUT2D eigenvalue weighted by Crippen LogP contribution is -2.46. The van der Waals surface area contributed by atoms with Crippen molar-refractivity contribution in [1.82, 2.24) is 15.2 Å². The molecule has 1 unspecified atom stereocenters.